The van der Waals surface area contributed by atoms with Crippen LogP contribution >= 0.6 is 0 Å². The van der Waals surface area contributed by atoms with Gasteiger partial charge in [0.15, 0.2) is 6.04 Å². The zero-order valence-corrected chi connectivity index (χ0v) is 12.2. The molecule has 0 heterocycles. The second kappa shape index (κ2) is 8.02. The summed E-state index contributed by atoms with van der Waals surface area (Å²) >= 11 is -1.06. The third-order valence-electron chi connectivity index (χ3n) is 3.57. The van der Waals surface area contributed by atoms with Gasteiger partial charge >= 0.3 is 5.97 Å². The summed E-state index contributed by atoms with van der Waals surface area (Å²) in [5.74, 6) is -0.647. The average molecular weight is 275 g/mol. The Labute approximate surface area is 113 Å². The maximum atomic E-state index is 12.0. The molecule has 1 saturated carbocycles. The second-order valence-corrected chi connectivity index (χ2v) is 7.09. The highest BCUT2D eigenvalue weighted by molar-refractivity contribution is 7.92. The van der Waals surface area contributed by atoms with Gasteiger partial charge in [-0.25, -0.2) is 0 Å². The normalized spacial score (nSPS) is 21.7. The average Bonchev–Trinajstić information content (AvgIpc) is 2.81. The van der Waals surface area contributed by atoms with Gasteiger partial charge in [-0.3, -0.25) is 10.1 Å². The lowest BCUT2D eigenvalue weighted by Gasteiger charge is -2.24. The van der Waals surface area contributed by atoms with Crippen LogP contribution in [-0.2, 0) is 16.0 Å². The molecule has 0 aromatic rings. The summed E-state index contributed by atoms with van der Waals surface area (Å²) in [6.45, 7) is 3.99. The third kappa shape index (κ3) is 5.16. The molecule has 3 atom stereocenters. The fourth-order valence-electron chi connectivity index (χ4n) is 2.43. The van der Waals surface area contributed by atoms with Crippen molar-refractivity contribution in [2.45, 2.75) is 69.7 Å². The highest BCUT2D eigenvalue weighted by atomic mass is 32.2. The van der Waals surface area contributed by atoms with E-state index in [1.807, 2.05) is 6.92 Å². The van der Waals surface area contributed by atoms with Crippen molar-refractivity contribution in [1.82, 2.24) is 5.32 Å². The number of hydrogen-bond donors (Lipinski definition) is 2. The topological polar surface area (TPSA) is 72.4 Å². The number of carbonyl (C=O) groups is 1. The molecule has 18 heavy (non-hydrogen) atoms. The van der Waals surface area contributed by atoms with E-state index in [1.54, 1.807) is 0 Å². The second-order valence-electron chi connectivity index (χ2n) is 5.19. The monoisotopic (exact) mass is 275 g/mol. The van der Waals surface area contributed by atoms with Crippen LogP contribution in [0, 0.1) is 0 Å². The van der Waals surface area contributed by atoms with Crippen LogP contribution in [0.3, 0.4) is 0 Å². The van der Waals surface area contributed by atoms with Crippen molar-refractivity contribution in [3.63, 3.8) is 0 Å². The lowest BCUT2D eigenvalue weighted by Crippen LogP contribution is -2.47. The van der Waals surface area contributed by atoms with Crippen LogP contribution in [0.15, 0.2) is 0 Å². The van der Waals surface area contributed by atoms with Gasteiger partial charge in [0.05, 0.1) is 0 Å². The van der Waals surface area contributed by atoms with Gasteiger partial charge in [0.1, 0.15) is 11.0 Å². The predicted molar refractivity (Wildman–Crippen MR) is 74.2 cm³/mol. The Balaban J connectivity index is 2.43. The van der Waals surface area contributed by atoms with E-state index in [9.17, 15) is 14.5 Å². The molecule has 1 aliphatic rings. The Morgan fingerprint density at radius 2 is 2.11 bits per heavy atom. The number of carboxylic acid groups (broad SMARTS) is 1. The lowest BCUT2D eigenvalue weighted by molar-refractivity contribution is -0.139. The molecule has 0 saturated heterocycles. The zero-order valence-electron chi connectivity index (χ0n) is 11.4. The Hall–Kier alpha value is -0.260. The number of rotatable bonds is 8. The number of hydrogen-bond acceptors (Lipinski definition) is 3. The molecular weight excluding hydrogens is 250 g/mol. The Morgan fingerprint density at radius 3 is 2.61 bits per heavy atom. The molecular formula is C13H25NO3S. The van der Waals surface area contributed by atoms with Gasteiger partial charge in [0, 0.05) is 6.04 Å². The number of nitrogens with one attached hydrogen (secondary N) is 1. The minimum atomic E-state index is -1.06. The van der Waals surface area contributed by atoms with Crippen molar-refractivity contribution in [3.8, 4) is 0 Å². The van der Waals surface area contributed by atoms with E-state index in [0.717, 1.165) is 25.7 Å². The van der Waals surface area contributed by atoms with Crippen LogP contribution in [0.2, 0.25) is 0 Å². The van der Waals surface area contributed by atoms with Gasteiger partial charge < -0.3 is 9.66 Å². The Morgan fingerprint density at radius 1 is 1.50 bits per heavy atom. The van der Waals surface area contributed by atoms with E-state index in [-0.39, 0.29) is 11.0 Å². The van der Waals surface area contributed by atoms with Gasteiger partial charge in [0.25, 0.3) is 0 Å². The predicted octanol–water partition coefficient (Wildman–Crippen LogP) is 1.91. The molecule has 2 unspecified atom stereocenters. The van der Waals surface area contributed by atoms with Crippen molar-refractivity contribution < 1.29 is 14.5 Å². The summed E-state index contributed by atoms with van der Waals surface area (Å²) in [6, 6.07) is -0.363. The molecule has 0 aliphatic heterocycles. The first-order valence-electron chi connectivity index (χ1n) is 6.90. The van der Waals surface area contributed by atoms with E-state index >= 15 is 0 Å². The summed E-state index contributed by atoms with van der Waals surface area (Å²) in [5, 5.41) is 12.4. The molecule has 2 N–H and O–H groups in total. The van der Waals surface area contributed by atoms with Gasteiger partial charge in [-0.2, -0.15) is 0 Å². The molecule has 1 fully saturated rings. The highest BCUT2D eigenvalue weighted by Gasteiger charge is 2.29. The lowest BCUT2D eigenvalue weighted by atomic mass is 10.2. The van der Waals surface area contributed by atoms with E-state index in [0.29, 0.717) is 6.04 Å². The van der Waals surface area contributed by atoms with Crippen molar-refractivity contribution in [3.05, 3.63) is 0 Å². The molecule has 0 aromatic heterocycles. The van der Waals surface area contributed by atoms with Gasteiger partial charge in [-0.05, 0) is 37.4 Å². The zero-order chi connectivity index (χ0) is 13.5. The van der Waals surface area contributed by atoms with Crippen LogP contribution in [-0.4, -0.2) is 38.7 Å². The van der Waals surface area contributed by atoms with Crippen LogP contribution in [0.1, 0.15) is 52.4 Å². The first kappa shape index (κ1) is 15.8. The quantitative estimate of drug-likeness (QED) is 0.664. The van der Waals surface area contributed by atoms with Gasteiger partial charge in [0.2, 0.25) is 0 Å². The minimum Gasteiger partial charge on any atom is -0.616 e. The Kier molecular flexibility index (Phi) is 7.04. The summed E-state index contributed by atoms with van der Waals surface area (Å²) < 4.78 is 12.0. The fraction of sp³-hybridized carbons (Fsp3) is 0.923. The van der Waals surface area contributed by atoms with E-state index in [2.05, 4.69) is 12.2 Å². The van der Waals surface area contributed by atoms with Crippen molar-refractivity contribution >= 4 is 17.1 Å². The maximum absolute atomic E-state index is 12.0. The summed E-state index contributed by atoms with van der Waals surface area (Å²) in [5.41, 5.74) is 0. The molecule has 0 spiro atoms. The van der Waals surface area contributed by atoms with Crippen LogP contribution < -0.4 is 5.32 Å². The molecule has 4 nitrogen and oxygen atoms in total. The van der Waals surface area contributed by atoms with Crippen molar-refractivity contribution in [1.29, 1.82) is 0 Å². The fourth-order valence-corrected chi connectivity index (χ4v) is 3.83. The molecule has 5 heteroatoms. The van der Waals surface area contributed by atoms with Crippen LogP contribution in [0.5, 0.6) is 0 Å². The largest absolute Gasteiger partial charge is 0.616 e. The number of carboxylic acids is 1. The summed E-state index contributed by atoms with van der Waals surface area (Å²) in [7, 11) is 0. The van der Waals surface area contributed by atoms with Gasteiger partial charge in [-0.15, -0.1) is 0 Å². The molecule has 0 amide bonds. The smallest absolute Gasteiger partial charge is 0.325 e. The summed E-state index contributed by atoms with van der Waals surface area (Å²) in [4.78, 5) is 11.2. The van der Waals surface area contributed by atoms with Crippen molar-refractivity contribution in [2.75, 3.05) is 5.75 Å². The SMILES string of the molecule is CCCC(C)[S+]([O-])C[C@H](NC1CCCC1)C(=O)O. The van der Waals surface area contributed by atoms with Gasteiger partial charge in [-0.1, -0.05) is 26.2 Å². The molecule has 106 valence electrons. The summed E-state index contributed by atoms with van der Waals surface area (Å²) in [6.07, 6.45) is 6.30. The van der Waals surface area contributed by atoms with E-state index in [1.165, 1.54) is 12.8 Å². The van der Waals surface area contributed by atoms with Crippen LogP contribution in [0.25, 0.3) is 0 Å². The molecule has 0 aromatic carbocycles. The van der Waals surface area contributed by atoms with E-state index in [4.69, 9.17) is 0 Å². The first-order chi connectivity index (χ1) is 8.54. The standard InChI is InChI=1S/C13H25NO3S/c1-3-6-10(2)18(17)9-12(13(15)16)14-11-7-4-5-8-11/h10-12,14H,3-9H2,1-2H3,(H,15,16)/t10?,12-,18?/m0/s1. The third-order valence-corrected chi connectivity index (χ3v) is 5.36. The van der Waals surface area contributed by atoms with Crippen molar-refractivity contribution in [2.24, 2.45) is 0 Å². The highest BCUT2D eigenvalue weighted by Crippen LogP contribution is 2.19. The first-order valence-corrected chi connectivity index (χ1v) is 8.28. The molecule has 0 bridgehead atoms. The van der Waals surface area contributed by atoms with E-state index < -0.39 is 23.2 Å². The molecule has 1 rings (SSSR count). The maximum Gasteiger partial charge on any atom is 0.325 e. The van der Waals surface area contributed by atoms with Crippen LogP contribution in [0.4, 0.5) is 0 Å². The number of aliphatic carboxylic acids is 1. The minimum absolute atomic E-state index is 0.0854. The molecule has 1 aliphatic carbocycles. The molecule has 0 radical (unpaired) electrons. The Bertz CT molecular complexity index is 257.